The van der Waals surface area contributed by atoms with E-state index >= 15 is 0 Å². The Morgan fingerprint density at radius 2 is 1.91 bits per heavy atom. The van der Waals surface area contributed by atoms with Gasteiger partial charge in [0.1, 0.15) is 17.3 Å². The minimum Gasteiger partial charge on any atom is -0.494 e. The van der Waals surface area contributed by atoms with Crippen molar-refractivity contribution in [1.29, 1.82) is 0 Å². The summed E-state index contributed by atoms with van der Waals surface area (Å²) in [5.41, 5.74) is 0.943. The van der Waals surface area contributed by atoms with Gasteiger partial charge in [-0.1, -0.05) is 12.1 Å². The summed E-state index contributed by atoms with van der Waals surface area (Å²) in [5.74, 6) is 0.641. The van der Waals surface area contributed by atoms with E-state index in [1.54, 1.807) is 6.92 Å². The Morgan fingerprint density at radius 1 is 1.17 bits per heavy atom. The molecule has 0 saturated heterocycles. The molecule has 1 atom stereocenters. The Bertz CT molecular complexity index is 643. The molecule has 23 heavy (non-hydrogen) atoms. The number of nitrogens with one attached hydrogen (secondary N) is 1. The van der Waals surface area contributed by atoms with Crippen molar-refractivity contribution in [2.24, 2.45) is 0 Å². The molecule has 0 heterocycles. The molecule has 5 heteroatoms. The molecule has 1 amide bonds. The third-order valence-electron chi connectivity index (χ3n) is 3.17. The molecule has 0 radical (unpaired) electrons. The van der Waals surface area contributed by atoms with E-state index in [1.807, 2.05) is 31.2 Å². The van der Waals surface area contributed by atoms with Crippen LogP contribution in [-0.4, -0.2) is 18.6 Å². The number of halogens is 1. The van der Waals surface area contributed by atoms with E-state index < -0.39 is 6.10 Å². The SMILES string of the molecule is CCOc1cccc(CNC(=O)[C@@H](C)Oc2ccc(F)cc2)c1. The highest BCUT2D eigenvalue weighted by molar-refractivity contribution is 5.80. The van der Waals surface area contributed by atoms with E-state index in [2.05, 4.69) is 5.32 Å². The van der Waals surface area contributed by atoms with E-state index in [0.29, 0.717) is 18.9 Å². The van der Waals surface area contributed by atoms with E-state index in [4.69, 9.17) is 9.47 Å². The lowest BCUT2D eigenvalue weighted by molar-refractivity contribution is -0.127. The molecular formula is C18H20FNO3. The summed E-state index contributed by atoms with van der Waals surface area (Å²) >= 11 is 0. The predicted octanol–water partition coefficient (Wildman–Crippen LogP) is 3.31. The number of carbonyl (C=O) groups is 1. The van der Waals surface area contributed by atoms with E-state index in [1.165, 1.54) is 24.3 Å². The van der Waals surface area contributed by atoms with Crippen molar-refractivity contribution < 1.29 is 18.7 Å². The summed E-state index contributed by atoms with van der Waals surface area (Å²) in [7, 11) is 0. The van der Waals surface area contributed by atoms with Gasteiger partial charge in [-0.25, -0.2) is 4.39 Å². The van der Waals surface area contributed by atoms with Crippen LogP contribution in [0.3, 0.4) is 0 Å². The third-order valence-corrected chi connectivity index (χ3v) is 3.17. The Kier molecular flexibility index (Phi) is 5.97. The first-order valence-electron chi connectivity index (χ1n) is 7.50. The van der Waals surface area contributed by atoms with Gasteiger partial charge in [0.05, 0.1) is 6.61 Å². The zero-order valence-corrected chi connectivity index (χ0v) is 13.2. The predicted molar refractivity (Wildman–Crippen MR) is 85.9 cm³/mol. The molecule has 2 aromatic rings. The summed E-state index contributed by atoms with van der Waals surface area (Å²) < 4.78 is 23.7. The highest BCUT2D eigenvalue weighted by atomic mass is 19.1. The van der Waals surface area contributed by atoms with Crippen LogP contribution in [0.25, 0.3) is 0 Å². The van der Waals surface area contributed by atoms with Gasteiger partial charge in [-0.3, -0.25) is 4.79 Å². The van der Waals surface area contributed by atoms with Crippen LogP contribution in [0, 0.1) is 5.82 Å². The summed E-state index contributed by atoms with van der Waals surface area (Å²) in [6, 6.07) is 13.1. The number of amides is 1. The fourth-order valence-corrected chi connectivity index (χ4v) is 2.02. The van der Waals surface area contributed by atoms with Gasteiger partial charge in [-0.2, -0.15) is 0 Å². The van der Waals surface area contributed by atoms with Crippen LogP contribution in [0.4, 0.5) is 4.39 Å². The average Bonchev–Trinajstić information content (AvgIpc) is 2.55. The van der Waals surface area contributed by atoms with Gasteiger partial charge in [0, 0.05) is 6.54 Å². The lowest BCUT2D eigenvalue weighted by atomic mass is 10.2. The van der Waals surface area contributed by atoms with Crippen molar-refractivity contribution in [3.8, 4) is 11.5 Å². The van der Waals surface area contributed by atoms with Crippen LogP contribution in [0.15, 0.2) is 48.5 Å². The second kappa shape index (κ2) is 8.17. The van der Waals surface area contributed by atoms with Crippen LogP contribution >= 0.6 is 0 Å². The quantitative estimate of drug-likeness (QED) is 0.852. The van der Waals surface area contributed by atoms with Crippen molar-refractivity contribution in [2.45, 2.75) is 26.5 Å². The maximum absolute atomic E-state index is 12.8. The molecule has 122 valence electrons. The molecule has 0 unspecified atom stereocenters. The van der Waals surface area contributed by atoms with Gasteiger partial charge < -0.3 is 14.8 Å². The minimum atomic E-state index is -0.671. The molecule has 0 aliphatic carbocycles. The fourth-order valence-electron chi connectivity index (χ4n) is 2.02. The number of rotatable bonds is 7. The summed E-state index contributed by atoms with van der Waals surface area (Å²) in [6.45, 7) is 4.55. The lowest BCUT2D eigenvalue weighted by Gasteiger charge is -2.15. The molecule has 0 bridgehead atoms. The summed E-state index contributed by atoms with van der Waals surface area (Å²) in [6.07, 6.45) is -0.671. The number of ether oxygens (including phenoxy) is 2. The van der Waals surface area contributed by atoms with Crippen molar-refractivity contribution in [3.63, 3.8) is 0 Å². The highest BCUT2D eigenvalue weighted by Crippen LogP contribution is 2.14. The van der Waals surface area contributed by atoms with E-state index in [-0.39, 0.29) is 11.7 Å². The summed E-state index contributed by atoms with van der Waals surface area (Å²) in [4.78, 5) is 12.1. The van der Waals surface area contributed by atoms with Gasteiger partial charge in [-0.15, -0.1) is 0 Å². The Hall–Kier alpha value is -2.56. The van der Waals surface area contributed by atoms with Gasteiger partial charge in [0.15, 0.2) is 6.10 Å². The molecule has 2 rings (SSSR count). The second-order valence-corrected chi connectivity index (χ2v) is 5.01. The Balaban J connectivity index is 1.86. The monoisotopic (exact) mass is 317 g/mol. The first-order chi connectivity index (χ1) is 11.1. The van der Waals surface area contributed by atoms with E-state index in [9.17, 15) is 9.18 Å². The molecular weight excluding hydrogens is 297 g/mol. The number of carbonyl (C=O) groups excluding carboxylic acids is 1. The molecule has 4 nitrogen and oxygen atoms in total. The standard InChI is InChI=1S/C18H20FNO3/c1-3-22-17-6-4-5-14(11-17)12-20-18(21)13(2)23-16-9-7-15(19)8-10-16/h4-11,13H,3,12H2,1-2H3,(H,20,21)/t13-/m1/s1. The average molecular weight is 317 g/mol. The number of hydrogen-bond donors (Lipinski definition) is 1. The molecule has 0 fully saturated rings. The molecule has 0 aromatic heterocycles. The fraction of sp³-hybridized carbons (Fsp3) is 0.278. The zero-order chi connectivity index (χ0) is 16.7. The van der Waals surface area contributed by atoms with Crippen molar-refractivity contribution in [2.75, 3.05) is 6.61 Å². The van der Waals surface area contributed by atoms with Crippen molar-refractivity contribution in [1.82, 2.24) is 5.32 Å². The molecule has 0 aliphatic rings. The van der Waals surface area contributed by atoms with Crippen molar-refractivity contribution >= 4 is 5.91 Å². The van der Waals surface area contributed by atoms with Crippen molar-refractivity contribution in [3.05, 3.63) is 59.9 Å². The van der Waals surface area contributed by atoms with Gasteiger partial charge in [-0.05, 0) is 55.8 Å². The second-order valence-electron chi connectivity index (χ2n) is 5.01. The van der Waals surface area contributed by atoms with Gasteiger partial charge >= 0.3 is 0 Å². The van der Waals surface area contributed by atoms with Gasteiger partial charge in [0.25, 0.3) is 5.91 Å². The van der Waals surface area contributed by atoms with Gasteiger partial charge in [0.2, 0.25) is 0 Å². The normalized spacial score (nSPS) is 11.6. The summed E-state index contributed by atoms with van der Waals surface area (Å²) in [5, 5.41) is 2.81. The first-order valence-corrected chi connectivity index (χ1v) is 7.50. The van der Waals surface area contributed by atoms with Crippen LogP contribution in [0.5, 0.6) is 11.5 Å². The molecule has 0 aliphatic heterocycles. The molecule has 2 aromatic carbocycles. The maximum atomic E-state index is 12.8. The van der Waals surface area contributed by atoms with Crippen LogP contribution in [0.2, 0.25) is 0 Å². The Labute approximate surface area is 135 Å². The molecule has 0 saturated carbocycles. The Morgan fingerprint density at radius 3 is 2.61 bits per heavy atom. The number of hydrogen-bond acceptors (Lipinski definition) is 3. The zero-order valence-electron chi connectivity index (χ0n) is 13.2. The van der Waals surface area contributed by atoms with E-state index in [0.717, 1.165) is 11.3 Å². The first kappa shape index (κ1) is 16.8. The molecule has 1 N–H and O–H groups in total. The molecule has 0 spiro atoms. The topological polar surface area (TPSA) is 47.6 Å². The third kappa shape index (κ3) is 5.29. The highest BCUT2D eigenvalue weighted by Gasteiger charge is 2.14. The maximum Gasteiger partial charge on any atom is 0.261 e. The lowest BCUT2D eigenvalue weighted by Crippen LogP contribution is -2.35. The van der Waals surface area contributed by atoms with Crippen LogP contribution in [-0.2, 0) is 11.3 Å². The van der Waals surface area contributed by atoms with Crippen LogP contribution in [0.1, 0.15) is 19.4 Å². The smallest absolute Gasteiger partial charge is 0.261 e. The largest absolute Gasteiger partial charge is 0.494 e. The minimum absolute atomic E-state index is 0.240. The number of benzene rings is 2. The van der Waals surface area contributed by atoms with Crippen LogP contribution < -0.4 is 14.8 Å².